The van der Waals surface area contributed by atoms with Gasteiger partial charge in [-0.2, -0.15) is 5.26 Å². The number of carbonyl (C=O) groups is 1. The van der Waals surface area contributed by atoms with Crippen LogP contribution in [-0.4, -0.2) is 26.9 Å². The first-order chi connectivity index (χ1) is 11.6. The highest BCUT2D eigenvalue weighted by molar-refractivity contribution is 7.11. The van der Waals surface area contributed by atoms with Gasteiger partial charge in [-0.05, 0) is 31.6 Å². The van der Waals surface area contributed by atoms with Crippen LogP contribution in [0, 0.1) is 18.3 Å². The number of allylic oxidation sites excluding steroid dienone is 1. The van der Waals surface area contributed by atoms with Crippen molar-refractivity contribution < 1.29 is 9.53 Å². The van der Waals surface area contributed by atoms with Crippen molar-refractivity contribution in [3.63, 3.8) is 0 Å². The molecule has 0 saturated heterocycles. The van der Waals surface area contributed by atoms with Gasteiger partial charge >= 0.3 is 5.97 Å². The molecule has 0 radical (unpaired) electrons. The number of thiazole rings is 1. The van der Waals surface area contributed by atoms with Crippen LogP contribution in [0.5, 0.6) is 0 Å². The van der Waals surface area contributed by atoms with E-state index in [1.165, 1.54) is 11.3 Å². The van der Waals surface area contributed by atoms with Gasteiger partial charge in [0.15, 0.2) is 5.69 Å². The van der Waals surface area contributed by atoms with Crippen molar-refractivity contribution >= 4 is 34.6 Å². The van der Waals surface area contributed by atoms with E-state index < -0.39 is 5.97 Å². The summed E-state index contributed by atoms with van der Waals surface area (Å²) in [5.41, 5.74) is 3.26. The van der Waals surface area contributed by atoms with E-state index in [4.69, 9.17) is 4.74 Å². The molecule has 24 heavy (non-hydrogen) atoms. The van der Waals surface area contributed by atoms with Gasteiger partial charge in [-0.3, -0.25) is 0 Å². The van der Waals surface area contributed by atoms with E-state index in [-0.39, 0.29) is 12.3 Å². The number of nitrogens with zero attached hydrogens (tertiary/aromatic N) is 4. The molecule has 0 amide bonds. The molecule has 0 spiro atoms. The van der Waals surface area contributed by atoms with Crippen molar-refractivity contribution in [3.05, 3.63) is 51.9 Å². The Balaban J connectivity index is 1.99. The maximum atomic E-state index is 11.7. The van der Waals surface area contributed by atoms with Crippen molar-refractivity contribution in [3.8, 4) is 6.07 Å². The zero-order valence-electron chi connectivity index (χ0n) is 13.2. The van der Waals surface area contributed by atoms with E-state index in [9.17, 15) is 10.1 Å². The Morgan fingerprint density at radius 2 is 2.38 bits per heavy atom. The number of pyridine rings is 1. The summed E-state index contributed by atoms with van der Waals surface area (Å²) in [7, 11) is 0. The number of ether oxygens (including phenoxy) is 1. The number of aromatic nitrogens is 3. The van der Waals surface area contributed by atoms with Crippen LogP contribution in [0.15, 0.2) is 29.9 Å². The zero-order valence-corrected chi connectivity index (χ0v) is 14.0. The molecule has 7 heteroatoms. The number of carbonyl (C=O) groups excluding carboxylic acids is 1. The lowest BCUT2D eigenvalue weighted by Crippen LogP contribution is -2.04. The van der Waals surface area contributed by atoms with E-state index in [2.05, 4.69) is 16.0 Å². The summed E-state index contributed by atoms with van der Waals surface area (Å²) >= 11 is 1.23. The summed E-state index contributed by atoms with van der Waals surface area (Å²) in [4.78, 5) is 20.3. The lowest BCUT2D eigenvalue weighted by Gasteiger charge is -1.99. The quantitative estimate of drug-likeness (QED) is 0.538. The third-order valence-corrected chi connectivity index (χ3v) is 4.27. The highest BCUT2D eigenvalue weighted by Gasteiger charge is 2.14. The third-order valence-electron chi connectivity index (χ3n) is 3.39. The van der Waals surface area contributed by atoms with E-state index in [1.807, 2.05) is 29.7 Å². The van der Waals surface area contributed by atoms with Crippen LogP contribution in [0.1, 0.15) is 33.7 Å². The molecule has 3 heterocycles. The molecule has 3 aromatic heterocycles. The Morgan fingerprint density at radius 1 is 1.54 bits per heavy atom. The van der Waals surface area contributed by atoms with Crippen molar-refractivity contribution in [2.75, 3.05) is 6.61 Å². The average Bonchev–Trinajstić information content (AvgIpc) is 3.21. The second-order valence-corrected chi connectivity index (χ2v) is 5.85. The molecular weight excluding hydrogens is 324 g/mol. The molecule has 120 valence electrons. The predicted octanol–water partition coefficient (Wildman–Crippen LogP) is 3.34. The van der Waals surface area contributed by atoms with Gasteiger partial charge < -0.3 is 9.14 Å². The Labute approximate surface area is 142 Å². The largest absolute Gasteiger partial charge is 0.461 e. The molecule has 3 rings (SSSR count). The molecule has 0 N–H and O–H groups in total. The van der Waals surface area contributed by atoms with Crippen molar-refractivity contribution in [1.82, 2.24) is 14.4 Å². The fourth-order valence-electron chi connectivity index (χ4n) is 2.26. The Hall–Kier alpha value is -2.98. The van der Waals surface area contributed by atoms with Crippen LogP contribution in [0.2, 0.25) is 0 Å². The maximum absolute atomic E-state index is 11.7. The third kappa shape index (κ3) is 2.92. The van der Waals surface area contributed by atoms with Crippen LogP contribution >= 0.6 is 11.3 Å². The van der Waals surface area contributed by atoms with Crippen molar-refractivity contribution in [2.24, 2.45) is 0 Å². The van der Waals surface area contributed by atoms with Gasteiger partial charge in [0.1, 0.15) is 16.7 Å². The number of esters is 1. The van der Waals surface area contributed by atoms with Gasteiger partial charge in [-0.25, -0.2) is 14.8 Å². The molecule has 0 bridgehead atoms. The molecule has 0 unspecified atom stereocenters. The van der Waals surface area contributed by atoms with Crippen LogP contribution in [0.4, 0.5) is 0 Å². The first-order valence-corrected chi connectivity index (χ1v) is 8.19. The molecule has 0 aliphatic carbocycles. The first kappa shape index (κ1) is 15.9. The van der Waals surface area contributed by atoms with E-state index in [0.717, 1.165) is 16.9 Å². The van der Waals surface area contributed by atoms with E-state index >= 15 is 0 Å². The van der Waals surface area contributed by atoms with Crippen LogP contribution in [0.3, 0.4) is 0 Å². The molecule has 0 fully saturated rings. The number of hydrogen-bond donors (Lipinski definition) is 0. The first-order valence-electron chi connectivity index (χ1n) is 7.31. The highest BCUT2D eigenvalue weighted by atomic mass is 32.1. The van der Waals surface area contributed by atoms with Gasteiger partial charge in [0.2, 0.25) is 0 Å². The number of fused-ring (bicyclic) bond motifs is 1. The molecule has 0 aliphatic heterocycles. The van der Waals surface area contributed by atoms with Crippen LogP contribution in [0.25, 0.3) is 17.3 Å². The SMILES string of the molecule is CCOC(=O)c1csc(/C(C#N)=C/c2cnc3c(C)cccn23)n1. The van der Waals surface area contributed by atoms with Crippen molar-refractivity contribution in [2.45, 2.75) is 13.8 Å². The summed E-state index contributed by atoms with van der Waals surface area (Å²) in [5, 5.41) is 11.5. The Kier molecular flexibility index (Phi) is 4.40. The molecule has 0 aliphatic rings. The molecular formula is C17H14N4O2S. The van der Waals surface area contributed by atoms with Crippen LogP contribution < -0.4 is 0 Å². The Bertz CT molecular complexity index is 978. The standard InChI is InChI=1S/C17H14N4O2S/c1-3-23-17(22)14-10-24-16(20-14)12(8-18)7-13-9-19-15-11(2)5-4-6-21(13)15/h4-7,9-10H,3H2,1-2H3/b12-7+. The zero-order chi connectivity index (χ0) is 17.1. The molecule has 0 saturated carbocycles. The lowest BCUT2D eigenvalue weighted by atomic mass is 10.2. The maximum Gasteiger partial charge on any atom is 0.357 e. The minimum atomic E-state index is -0.484. The normalized spacial score (nSPS) is 11.5. The number of nitriles is 1. The second-order valence-electron chi connectivity index (χ2n) is 5.00. The minimum Gasteiger partial charge on any atom is -0.461 e. The second kappa shape index (κ2) is 6.64. The summed E-state index contributed by atoms with van der Waals surface area (Å²) in [6, 6.07) is 6.04. The number of hydrogen-bond acceptors (Lipinski definition) is 6. The smallest absolute Gasteiger partial charge is 0.357 e. The van der Waals surface area contributed by atoms with E-state index in [0.29, 0.717) is 10.6 Å². The molecule has 0 atom stereocenters. The fraction of sp³-hybridized carbons (Fsp3) is 0.176. The highest BCUT2D eigenvalue weighted by Crippen LogP contribution is 2.23. The average molecular weight is 338 g/mol. The minimum absolute atomic E-state index is 0.215. The van der Waals surface area contributed by atoms with Crippen molar-refractivity contribution in [1.29, 1.82) is 5.26 Å². The summed E-state index contributed by atoms with van der Waals surface area (Å²) < 4.78 is 6.83. The fourth-order valence-corrected chi connectivity index (χ4v) is 3.02. The molecule has 0 aromatic carbocycles. The van der Waals surface area contributed by atoms with Crippen LogP contribution in [-0.2, 0) is 4.74 Å². The summed E-state index contributed by atoms with van der Waals surface area (Å²) in [5.74, 6) is -0.484. The predicted molar refractivity (Wildman–Crippen MR) is 91.5 cm³/mol. The van der Waals surface area contributed by atoms with Gasteiger partial charge in [-0.1, -0.05) is 6.07 Å². The monoisotopic (exact) mass is 338 g/mol. The molecule has 3 aromatic rings. The van der Waals surface area contributed by atoms with Gasteiger partial charge in [0.05, 0.1) is 24.1 Å². The van der Waals surface area contributed by atoms with Gasteiger partial charge in [-0.15, -0.1) is 11.3 Å². The number of rotatable bonds is 4. The Morgan fingerprint density at radius 3 is 3.12 bits per heavy atom. The van der Waals surface area contributed by atoms with Gasteiger partial charge in [0, 0.05) is 11.6 Å². The molecule has 6 nitrogen and oxygen atoms in total. The number of imidazole rings is 1. The summed E-state index contributed by atoms with van der Waals surface area (Å²) in [6.07, 6.45) is 5.31. The van der Waals surface area contributed by atoms with Gasteiger partial charge in [0.25, 0.3) is 0 Å². The lowest BCUT2D eigenvalue weighted by molar-refractivity contribution is 0.0520. The number of aryl methyl sites for hydroxylation is 1. The topological polar surface area (TPSA) is 80.3 Å². The van der Waals surface area contributed by atoms with E-state index in [1.54, 1.807) is 24.6 Å². The summed E-state index contributed by atoms with van der Waals surface area (Å²) in [6.45, 7) is 4.00.